The van der Waals surface area contributed by atoms with Crippen LogP contribution in [0.1, 0.15) is 44.4 Å². The van der Waals surface area contributed by atoms with Crippen molar-refractivity contribution in [3.63, 3.8) is 0 Å². The van der Waals surface area contributed by atoms with Gasteiger partial charge in [-0.15, -0.1) is 5.10 Å². The summed E-state index contributed by atoms with van der Waals surface area (Å²) in [4.78, 5) is 0. The van der Waals surface area contributed by atoms with E-state index in [1.807, 2.05) is 16.8 Å². The standard InChI is InChI=1S/C14H21N5OS/c1-11(9-15-10-13-7-4-8-20-13)21-14-16-17-18-19(14)12-5-2-3-6-12/h4,7-8,11-12,15H,2-3,5-6,9-10H2,1H3. The molecule has 1 aliphatic carbocycles. The average molecular weight is 307 g/mol. The lowest BCUT2D eigenvalue weighted by Gasteiger charge is -2.14. The largest absolute Gasteiger partial charge is 0.468 e. The van der Waals surface area contributed by atoms with Crippen molar-refractivity contribution < 1.29 is 4.42 Å². The molecule has 0 aliphatic heterocycles. The summed E-state index contributed by atoms with van der Waals surface area (Å²) in [7, 11) is 0. The predicted molar refractivity (Wildman–Crippen MR) is 81.1 cm³/mol. The predicted octanol–water partition coefficient (Wildman–Crippen LogP) is 2.65. The number of thioether (sulfide) groups is 1. The number of nitrogens with zero attached hydrogens (tertiary/aromatic N) is 4. The highest BCUT2D eigenvalue weighted by Crippen LogP contribution is 2.32. The maximum absolute atomic E-state index is 5.30. The van der Waals surface area contributed by atoms with E-state index in [0.717, 1.165) is 24.0 Å². The number of hydrogen-bond acceptors (Lipinski definition) is 6. The Morgan fingerprint density at radius 2 is 2.33 bits per heavy atom. The first-order chi connectivity index (χ1) is 10.3. The summed E-state index contributed by atoms with van der Waals surface area (Å²) in [5.74, 6) is 0.961. The molecule has 0 spiro atoms. The first kappa shape index (κ1) is 14.6. The molecule has 3 rings (SSSR count). The van der Waals surface area contributed by atoms with Gasteiger partial charge >= 0.3 is 0 Å². The summed E-state index contributed by atoms with van der Waals surface area (Å²) in [6.07, 6.45) is 6.67. The molecule has 0 radical (unpaired) electrons. The number of tetrazole rings is 1. The average Bonchev–Trinajstić information content (AvgIpc) is 3.20. The molecule has 0 saturated heterocycles. The molecule has 1 fully saturated rings. The minimum Gasteiger partial charge on any atom is -0.468 e. The van der Waals surface area contributed by atoms with Gasteiger partial charge in [0.25, 0.3) is 0 Å². The summed E-state index contributed by atoms with van der Waals surface area (Å²) >= 11 is 1.73. The molecule has 114 valence electrons. The molecular formula is C14H21N5OS. The lowest BCUT2D eigenvalue weighted by atomic mass is 10.3. The third-order valence-corrected chi connectivity index (χ3v) is 4.80. The van der Waals surface area contributed by atoms with Crippen LogP contribution in [0, 0.1) is 0 Å². The number of rotatable bonds is 7. The van der Waals surface area contributed by atoms with Gasteiger partial charge in [-0.25, -0.2) is 4.68 Å². The Morgan fingerprint density at radius 1 is 1.48 bits per heavy atom. The van der Waals surface area contributed by atoms with E-state index in [0.29, 0.717) is 11.3 Å². The van der Waals surface area contributed by atoms with Crippen molar-refractivity contribution in [1.82, 2.24) is 25.5 Å². The van der Waals surface area contributed by atoms with Crippen LogP contribution in [-0.4, -0.2) is 32.0 Å². The van der Waals surface area contributed by atoms with Crippen LogP contribution >= 0.6 is 11.8 Å². The van der Waals surface area contributed by atoms with Crippen molar-refractivity contribution in [2.45, 2.75) is 55.6 Å². The number of furan rings is 1. The van der Waals surface area contributed by atoms with E-state index in [1.165, 1.54) is 25.7 Å². The highest BCUT2D eigenvalue weighted by molar-refractivity contribution is 7.99. The maximum atomic E-state index is 5.30. The molecule has 1 atom stereocenters. The Morgan fingerprint density at radius 3 is 3.10 bits per heavy atom. The Bertz CT molecular complexity index is 535. The van der Waals surface area contributed by atoms with Gasteiger partial charge in [-0.2, -0.15) is 0 Å². The molecule has 1 unspecified atom stereocenters. The second kappa shape index (κ2) is 7.09. The number of nitrogens with one attached hydrogen (secondary N) is 1. The van der Waals surface area contributed by atoms with Crippen LogP contribution in [0.5, 0.6) is 0 Å². The highest BCUT2D eigenvalue weighted by Gasteiger charge is 2.22. The van der Waals surface area contributed by atoms with Gasteiger partial charge in [-0.05, 0) is 35.4 Å². The van der Waals surface area contributed by atoms with Crippen molar-refractivity contribution in [2.75, 3.05) is 6.54 Å². The van der Waals surface area contributed by atoms with E-state index >= 15 is 0 Å². The van der Waals surface area contributed by atoms with Gasteiger partial charge in [0.05, 0.1) is 18.8 Å². The summed E-state index contributed by atoms with van der Waals surface area (Å²) in [6.45, 7) is 3.84. The lowest BCUT2D eigenvalue weighted by Crippen LogP contribution is -2.22. The highest BCUT2D eigenvalue weighted by atomic mass is 32.2. The fourth-order valence-corrected chi connectivity index (χ4v) is 3.61. The topological polar surface area (TPSA) is 68.8 Å². The summed E-state index contributed by atoms with van der Waals surface area (Å²) in [5, 5.41) is 16.9. The smallest absolute Gasteiger partial charge is 0.209 e. The van der Waals surface area contributed by atoms with Gasteiger partial charge in [0.2, 0.25) is 5.16 Å². The van der Waals surface area contributed by atoms with E-state index in [1.54, 1.807) is 18.0 Å². The molecule has 0 bridgehead atoms. The SMILES string of the molecule is CC(CNCc1ccco1)Sc1nnnn1C1CCCC1. The Hall–Kier alpha value is -1.34. The zero-order valence-corrected chi connectivity index (χ0v) is 13.1. The summed E-state index contributed by atoms with van der Waals surface area (Å²) in [5.41, 5.74) is 0. The molecular weight excluding hydrogens is 286 g/mol. The van der Waals surface area contributed by atoms with Crippen LogP contribution in [0.25, 0.3) is 0 Å². The van der Waals surface area contributed by atoms with Crippen molar-refractivity contribution in [2.24, 2.45) is 0 Å². The molecule has 2 heterocycles. The van der Waals surface area contributed by atoms with Crippen molar-refractivity contribution in [3.8, 4) is 0 Å². The molecule has 1 saturated carbocycles. The molecule has 6 nitrogen and oxygen atoms in total. The Labute approximate surface area is 128 Å². The fourth-order valence-electron chi connectivity index (χ4n) is 2.67. The zero-order chi connectivity index (χ0) is 14.5. The van der Waals surface area contributed by atoms with Crippen LogP contribution in [0.4, 0.5) is 0 Å². The molecule has 21 heavy (non-hydrogen) atoms. The fraction of sp³-hybridized carbons (Fsp3) is 0.643. The lowest BCUT2D eigenvalue weighted by molar-refractivity contribution is 0.422. The molecule has 1 aliphatic rings. The van der Waals surface area contributed by atoms with Crippen molar-refractivity contribution in [3.05, 3.63) is 24.2 Å². The minimum absolute atomic E-state index is 0.408. The molecule has 1 N–H and O–H groups in total. The third kappa shape index (κ3) is 3.85. The van der Waals surface area contributed by atoms with Crippen molar-refractivity contribution in [1.29, 1.82) is 0 Å². The molecule has 2 aromatic heterocycles. The molecule has 2 aromatic rings. The van der Waals surface area contributed by atoms with Crippen LogP contribution in [-0.2, 0) is 6.54 Å². The van der Waals surface area contributed by atoms with Gasteiger partial charge in [0, 0.05) is 11.8 Å². The second-order valence-electron chi connectivity index (χ2n) is 5.48. The Balaban J connectivity index is 1.48. The van der Waals surface area contributed by atoms with E-state index in [-0.39, 0.29) is 0 Å². The molecule has 0 amide bonds. The van der Waals surface area contributed by atoms with E-state index < -0.39 is 0 Å². The van der Waals surface area contributed by atoms with Crippen LogP contribution in [0.2, 0.25) is 0 Å². The van der Waals surface area contributed by atoms with Crippen LogP contribution in [0.3, 0.4) is 0 Å². The summed E-state index contributed by atoms with van der Waals surface area (Å²) < 4.78 is 7.32. The first-order valence-electron chi connectivity index (χ1n) is 7.50. The van der Waals surface area contributed by atoms with E-state index in [4.69, 9.17) is 4.42 Å². The third-order valence-electron chi connectivity index (χ3n) is 3.75. The number of aromatic nitrogens is 4. The maximum Gasteiger partial charge on any atom is 0.209 e. The summed E-state index contributed by atoms with van der Waals surface area (Å²) in [6, 6.07) is 4.38. The van der Waals surface area contributed by atoms with Crippen LogP contribution in [0.15, 0.2) is 28.0 Å². The van der Waals surface area contributed by atoms with Gasteiger partial charge < -0.3 is 9.73 Å². The Kier molecular flexibility index (Phi) is 4.92. The first-order valence-corrected chi connectivity index (χ1v) is 8.38. The van der Waals surface area contributed by atoms with Gasteiger partial charge in [0.15, 0.2) is 0 Å². The monoisotopic (exact) mass is 307 g/mol. The van der Waals surface area contributed by atoms with Crippen LogP contribution < -0.4 is 5.32 Å². The van der Waals surface area contributed by atoms with E-state index in [2.05, 4.69) is 27.8 Å². The minimum atomic E-state index is 0.408. The van der Waals surface area contributed by atoms with E-state index in [9.17, 15) is 0 Å². The van der Waals surface area contributed by atoms with Gasteiger partial charge in [-0.3, -0.25) is 0 Å². The van der Waals surface area contributed by atoms with Gasteiger partial charge in [-0.1, -0.05) is 31.5 Å². The second-order valence-corrected chi connectivity index (χ2v) is 6.89. The number of hydrogen-bond donors (Lipinski definition) is 1. The molecule has 0 aromatic carbocycles. The van der Waals surface area contributed by atoms with Crippen molar-refractivity contribution >= 4 is 11.8 Å². The zero-order valence-electron chi connectivity index (χ0n) is 12.2. The quantitative estimate of drug-likeness (QED) is 0.793. The normalized spacial score (nSPS) is 17.4. The van der Waals surface area contributed by atoms with Gasteiger partial charge in [0.1, 0.15) is 5.76 Å². The molecule has 7 heteroatoms.